The van der Waals surface area contributed by atoms with Crippen LogP contribution in [0.25, 0.3) is 0 Å². The number of benzene rings is 1. The van der Waals surface area contributed by atoms with E-state index in [1.165, 1.54) is 0 Å². The maximum atomic E-state index is 12.8. The maximum absolute atomic E-state index is 12.8. The van der Waals surface area contributed by atoms with E-state index in [2.05, 4.69) is 17.9 Å². The Morgan fingerprint density at radius 3 is 2.46 bits per heavy atom. The zero-order valence-corrected chi connectivity index (χ0v) is 14.2. The van der Waals surface area contributed by atoms with Gasteiger partial charge in [0.2, 0.25) is 5.91 Å². The molecule has 0 aliphatic carbocycles. The lowest BCUT2D eigenvalue weighted by Gasteiger charge is -2.42. The van der Waals surface area contributed by atoms with Crippen molar-refractivity contribution in [2.24, 2.45) is 5.41 Å². The minimum Gasteiger partial charge on any atom is -0.396 e. The van der Waals surface area contributed by atoms with E-state index in [1.54, 1.807) is 12.1 Å². The number of nitriles is 1. The van der Waals surface area contributed by atoms with Gasteiger partial charge in [-0.3, -0.25) is 9.69 Å². The van der Waals surface area contributed by atoms with Gasteiger partial charge in [-0.15, -0.1) is 0 Å². The molecule has 0 aromatic heterocycles. The molecule has 2 saturated heterocycles. The molecule has 3 rings (SSSR count). The normalized spacial score (nSPS) is 24.1. The third-order valence-electron chi connectivity index (χ3n) is 5.87. The monoisotopic (exact) mass is 327 g/mol. The molecule has 1 amide bonds. The highest BCUT2D eigenvalue weighted by Crippen LogP contribution is 2.36. The van der Waals surface area contributed by atoms with Crippen molar-refractivity contribution in [3.05, 3.63) is 29.8 Å². The third kappa shape index (κ3) is 3.04. The van der Waals surface area contributed by atoms with Crippen molar-refractivity contribution in [1.82, 2.24) is 4.90 Å². The number of carbonyl (C=O) groups is 1. The smallest absolute Gasteiger partial charge is 0.244 e. The number of rotatable bonds is 4. The molecule has 5 nitrogen and oxygen atoms in total. The quantitative estimate of drug-likeness (QED) is 0.920. The van der Waals surface area contributed by atoms with Crippen molar-refractivity contribution in [3.8, 4) is 6.07 Å². The molecular weight excluding hydrogens is 302 g/mol. The molecule has 0 spiro atoms. The molecule has 128 valence electrons. The topological polar surface area (TPSA) is 67.6 Å². The molecule has 2 aliphatic rings. The number of anilines is 1. The van der Waals surface area contributed by atoms with Crippen LogP contribution in [-0.2, 0) is 4.79 Å². The second-order valence-electron chi connectivity index (χ2n) is 7.00. The summed E-state index contributed by atoms with van der Waals surface area (Å²) >= 11 is 0. The standard InChI is InChI=1S/C19H25N3O2/c1-2-19(14-23)8-11-21(12-9-19)17-7-10-22(18(17)24)16-5-3-15(13-20)4-6-16/h3-6,17,23H,2,7-12,14H2,1H3. The minimum atomic E-state index is -0.0470. The predicted molar refractivity (Wildman–Crippen MR) is 92.5 cm³/mol. The Balaban J connectivity index is 1.65. The third-order valence-corrected chi connectivity index (χ3v) is 5.87. The predicted octanol–water partition coefficient (Wildman–Crippen LogP) is 2.15. The van der Waals surface area contributed by atoms with E-state index in [0.717, 1.165) is 51.0 Å². The molecule has 1 aromatic rings. The van der Waals surface area contributed by atoms with E-state index >= 15 is 0 Å². The molecule has 24 heavy (non-hydrogen) atoms. The van der Waals surface area contributed by atoms with Crippen LogP contribution in [0.5, 0.6) is 0 Å². The van der Waals surface area contributed by atoms with Crippen LogP contribution in [0.1, 0.15) is 38.2 Å². The van der Waals surface area contributed by atoms with Crippen molar-refractivity contribution in [1.29, 1.82) is 5.26 Å². The lowest BCUT2D eigenvalue weighted by Crippen LogP contribution is -2.49. The van der Waals surface area contributed by atoms with Crippen molar-refractivity contribution in [3.63, 3.8) is 0 Å². The van der Waals surface area contributed by atoms with Crippen molar-refractivity contribution in [2.45, 2.75) is 38.6 Å². The second kappa shape index (κ2) is 6.92. The van der Waals surface area contributed by atoms with Crippen molar-refractivity contribution < 1.29 is 9.90 Å². The van der Waals surface area contributed by atoms with Gasteiger partial charge in [0, 0.05) is 18.8 Å². The molecule has 2 aliphatic heterocycles. The molecule has 1 aromatic carbocycles. The summed E-state index contributed by atoms with van der Waals surface area (Å²) in [5.74, 6) is 0.160. The molecule has 2 fully saturated rings. The zero-order valence-electron chi connectivity index (χ0n) is 14.2. The van der Waals surface area contributed by atoms with Crippen LogP contribution in [0.2, 0.25) is 0 Å². The number of hydrogen-bond donors (Lipinski definition) is 1. The Kier molecular flexibility index (Phi) is 4.88. The number of likely N-dealkylation sites (tertiary alicyclic amines) is 1. The largest absolute Gasteiger partial charge is 0.396 e. The van der Waals surface area contributed by atoms with Gasteiger partial charge in [-0.1, -0.05) is 6.92 Å². The highest BCUT2D eigenvalue weighted by molar-refractivity contribution is 5.99. The van der Waals surface area contributed by atoms with Gasteiger partial charge >= 0.3 is 0 Å². The SMILES string of the molecule is CCC1(CO)CCN(C2CCN(c3ccc(C#N)cc3)C2=O)CC1. The van der Waals surface area contributed by atoms with E-state index < -0.39 is 0 Å². The summed E-state index contributed by atoms with van der Waals surface area (Å²) in [5.41, 5.74) is 1.53. The molecular formula is C19H25N3O2. The highest BCUT2D eigenvalue weighted by Gasteiger charge is 2.40. The molecule has 2 heterocycles. The van der Waals surface area contributed by atoms with Gasteiger partial charge < -0.3 is 10.0 Å². The number of hydrogen-bond acceptors (Lipinski definition) is 4. The van der Waals surface area contributed by atoms with Crippen LogP contribution in [-0.4, -0.2) is 48.2 Å². The van der Waals surface area contributed by atoms with Crippen LogP contribution in [0.3, 0.4) is 0 Å². The second-order valence-corrected chi connectivity index (χ2v) is 7.00. The number of aliphatic hydroxyl groups excluding tert-OH is 1. The summed E-state index contributed by atoms with van der Waals surface area (Å²) in [7, 11) is 0. The van der Waals surface area contributed by atoms with E-state index in [4.69, 9.17) is 5.26 Å². The summed E-state index contributed by atoms with van der Waals surface area (Å²) in [4.78, 5) is 17.0. The number of aliphatic hydroxyl groups is 1. The van der Waals surface area contributed by atoms with Crippen LogP contribution < -0.4 is 4.90 Å². The molecule has 1 unspecified atom stereocenters. The Morgan fingerprint density at radius 1 is 1.25 bits per heavy atom. The van der Waals surface area contributed by atoms with Crippen LogP contribution in [0.15, 0.2) is 24.3 Å². The lowest BCUT2D eigenvalue weighted by atomic mass is 9.76. The summed E-state index contributed by atoms with van der Waals surface area (Å²) in [6, 6.07) is 9.27. The Hall–Kier alpha value is -1.90. The van der Waals surface area contributed by atoms with E-state index in [1.807, 2.05) is 17.0 Å². The van der Waals surface area contributed by atoms with Crippen LogP contribution in [0, 0.1) is 16.7 Å². The Morgan fingerprint density at radius 2 is 1.92 bits per heavy atom. The van der Waals surface area contributed by atoms with Crippen LogP contribution in [0.4, 0.5) is 5.69 Å². The minimum absolute atomic E-state index is 0.0466. The Labute approximate surface area is 143 Å². The van der Waals surface area contributed by atoms with E-state index in [-0.39, 0.29) is 24.0 Å². The van der Waals surface area contributed by atoms with E-state index in [9.17, 15) is 9.90 Å². The first kappa shape index (κ1) is 16.9. The number of nitrogens with zero attached hydrogens (tertiary/aromatic N) is 3. The van der Waals surface area contributed by atoms with Crippen molar-refractivity contribution >= 4 is 11.6 Å². The average molecular weight is 327 g/mol. The average Bonchev–Trinajstić information content (AvgIpc) is 3.03. The van der Waals surface area contributed by atoms with Crippen LogP contribution >= 0.6 is 0 Å². The summed E-state index contributed by atoms with van der Waals surface area (Å²) < 4.78 is 0. The molecule has 0 radical (unpaired) electrons. The molecule has 0 bridgehead atoms. The first-order valence-corrected chi connectivity index (χ1v) is 8.79. The summed E-state index contributed by atoms with van der Waals surface area (Å²) in [5, 5.41) is 18.5. The van der Waals surface area contributed by atoms with Gasteiger partial charge in [0.15, 0.2) is 0 Å². The maximum Gasteiger partial charge on any atom is 0.244 e. The lowest BCUT2D eigenvalue weighted by molar-refractivity contribution is -0.122. The van der Waals surface area contributed by atoms with Gasteiger partial charge in [0.05, 0.1) is 17.7 Å². The molecule has 5 heteroatoms. The fourth-order valence-electron chi connectivity index (χ4n) is 3.91. The fourth-order valence-corrected chi connectivity index (χ4v) is 3.91. The van der Waals surface area contributed by atoms with E-state index in [0.29, 0.717) is 5.56 Å². The van der Waals surface area contributed by atoms with Gasteiger partial charge in [-0.05, 0) is 68.5 Å². The number of carbonyl (C=O) groups excluding carboxylic acids is 1. The Bertz CT molecular complexity index is 621. The number of piperidine rings is 1. The first-order chi connectivity index (χ1) is 11.6. The molecule has 1 atom stereocenters. The first-order valence-electron chi connectivity index (χ1n) is 8.79. The van der Waals surface area contributed by atoms with Crippen molar-refractivity contribution in [2.75, 3.05) is 31.1 Å². The van der Waals surface area contributed by atoms with Gasteiger partial charge in [0.1, 0.15) is 0 Å². The van der Waals surface area contributed by atoms with Gasteiger partial charge in [-0.2, -0.15) is 5.26 Å². The number of amides is 1. The highest BCUT2D eigenvalue weighted by atomic mass is 16.3. The zero-order chi connectivity index (χ0) is 17.2. The molecule has 1 N–H and O–H groups in total. The molecule has 0 saturated carbocycles. The fraction of sp³-hybridized carbons (Fsp3) is 0.579. The summed E-state index contributed by atoms with van der Waals surface area (Å²) in [6.45, 7) is 4.87. The van der Waals surface area contributed by atoms with Gasteiger partial charge in [-0.25, -0.2) is 0 Å². The summed E-state index contributed by atoms with van der Waals surface area (Å²) in [6.07, 6.45) is 3.76. The van der Waals surface area contributed by atoms with Gasteiger partial charge in [0.25, 0.3) is 0 Å².